The van der Waals surface area contributed by atoms with Crippen molar-refractivity contribution in [1.29, 1.82) is 0 Å². The van der Waals surface area contributed by atoms with E-state index in [4.69, 9.17) is 11.5 Å². The molecule has 13 heteroatoms. The number of aromatic nitrogens is 1. The number of anilines is 1. The number of hydrogen-bond acceptors (Lipinski definition) is 10. The summed E-state index contributed by atoms with van der Waals surface area (Å²) in [7, 11) is 1.32. The third-order valence-electron chi connectivity index (χ3n) is 3.12. The second kappa shape index (κ2) is 9.92. The number of nitrogens with zero attached hydrogens (tertiary/aromatic N) is 3. The predicted octanol–water partition coefficient (Wildman–Crippen LogP) is -4.51. The molecule has 26 heavy (non-hydrogen) atoms. The Morgan fingerprint density at radius 2 is 2.19 bits per heavy atom. The van der Waals surface area contributed by atoms with E-state index in [0.717, 1.165) is 0 Å². The van der Waals surface area contributed by atoms with Crippen LogP contribution < -0.4 is 46.1 Å². The van der Waals surface area contributed by atoms with E-state index < -0.39 is 11.9 Å². The number of thiazole rings is 1. The van der Waals surface area contributed by atoms with Crippen LogP contribution in [0.5, 0.6) is 0 Å². The van der Waals surface area contributed by atoms with Gasteiger partial charge in [0.15, 0.2) is 10.8 Å². The molecule has 0 saturated carbocycles. The number of nitrogen functional groups attached to an aromatic ring is 1. The fraction of sp³-hybridized carbons (Fsp3) is 0.308. The third kappa shape index (κ3) is 5.20. The van der Waals surface area contributed by atoms with Crippen molar-refractivity contribution in [2.75, 3.05) is 18.6 Å². The number of nitrogens with two attached hydrogens (primary N) is 2. The standard InChI is InChI=1S/C7H7NO3S.C6H8N4O2S.Na/c9-5-3-6-8(5)4(7(10)11)1-2-12-6;1-12-10-4(5(7)11)3-2-13-6(8)9-3;/h1,6H,2-3H2,(H,10,11);2H,1H3,(H2,7,11)(H2,8,9);/q;;+1/p-1/b;10-4-;/t6-;;/m0../s1. The summed E-state index contributed by atoms with van der Waals surface area (Å²) in [4.78, 5) is 41.9. The molecule has 0 unspecified atom stereocenters. The average Bonchev–Trinajstić information content (AvgIpc) is 2.97. The molecule has 10 nitrogen and oxygen atoms in total. The molecule has 1 atom stereocenters. The molecule has 1 saturated heterocycles. The van der Waals surface area contributed by atoms with Crippen LogP contribution in [-0.2, 0) is 19.2 Å². The molecule has 0 spiro atoms. The van der Waals surface area contributed by atoms with Gasteiger partial charge in [0.05, 0.1) is 23.5 Å². The van der Waals surface area contributed by atoms with E-state index >= 15 is 0 Å². The van der Waals surface area contributed by atoms with Gasteiger partial charge in [0.25, 0.3) is 5.91 Å². The van der Waals surface area contributed by atoms with Crippen LogP contribution in [0.15, 0.2) is 22.3 Å². The number of amides is 2. The van der Waals surface area contributed by atoms with E-state index in [-0.39, 0.29) is 52.2 Å². The van der Waals surface area contributed by atoms with Crippen molar-refractivity contribution in [1.82, 2.24) is 9.88 Å². The minimum absolute atomic E-state index is 0. The first-order chi connectivity index (χ1) is 11.8. The fourth-order valence-electron chi connectivity index (χ4n) is 2.03. The minimum atomic E-state index is -1.26. The van der Waals surface area contributed by atoms with Gasteiger partial charge in [-0.1, -0.05) is 5.16 Å². The van der Waals surface area contributed by atoms with Crippen molar-refractivity contribution in [3.8, 4) is 0 Å². The third-order valence-corrected chi connectivity index (χ3v) is 4.92. The molecule has 0 radical (unpaired) electrons. The van der Waals surface area contributed by atoms with Crippen LogP contribution in [0.1, 0.15) is 12.1 Å². The Balaban J connectivity index is 0.000000251. The number of carbonyl (C=O) groups excluding carboxylic acids is 3. The molecule has 2 amide bonds. The zero-order valence-corrected chi connectivity index (χ0v) is 17.6. The van der Waals surface area contributed by atoms with Crippen LogP contribution in [0, 0.1) is 0 Å². The fourth-order valence-corrected chi connectivity index (χ4v) is 3.70. The van der Waals surface area contributed by atoms with Crippen LogP contribution in [0.25, 0.3) is 0 Å². The van der Waals surface area contributed by atoms with Crippen LogP contribution in [-0.4, -0.2) is 51.6 Å². The largest absolute Gasteiger partial charge is 1.00 e. The summed E-state index contributed by atoms with van der Waals surface area (Å²) in [5, 5.41) is 15.9. The van der Waals surface area contributed by atoms with E-state index in [1.54, 1.807) is 17.1 Å². The number of primary amides is 1. The maximum atomic E-state index is 11.0. The maximum Gasteiger partial charge on any atom is 1.00 e. The molecule has 134 valence electrons. The Bertz CT molecular complexity index is 766. The maximum absolute atomic E-state index is 11.0. The Kier molecular flexibility index (Phi) is 8.56. The number of thioether (sulfide) groups is 1. The number of fused-ring (bicyclic) bond motifs is 1. The molecule has 2 aliphatic heterocycles. The van der Waals surface area contributed by atoms with E-state index in [1.165, 1.54) is 29.4 Å². The number of aliphatic carboxylic acids is 1. The SMILES string of the molecule is CO/N=C(\C(N)=O)c1csc(N)n1.O=C([O-])C1=CCS[C@H]2CC(=O)N12.[Na+]. The summed E-state index contributed by atoms with van der Waals surface area (Å²) in [6.07, 6.45) is 1.98. The van der Waals surface area contributed by atoms with Gasteiger partial charge >= 0.3 is 29.6 Å². The number of hydrogen-bond donors (Lipinski definition) is 2. The summed E-state index contributed by atoms with van der Waals surface area (Å²) >= 11 is 2.77. The van der Waals surface area contributed by atoms with Crippen LogP contribution in [0.3, 0.4) is 0 Å². The van der Waals surface area contributed by atoms with Crippen molar-refractivity contribution < 1.29 is 53.9 Å². The van der Waals surface area contributed by atoms with Gasteiger partial charge in [0.2, 0.25) is 5.91 Å². The van der Waals surface area contributed by atoms with Gasteiger partial charge in [-0.3, -0.25) is 14.5 Å². The molecule has 3 rings (SSSR count). The van der Waals surface area contributed by atoms with Gasteiger partial charge in [-0.25, -0.2) is 4.98 Å². The number of rotatable bonds is 4. The van der Waals surface area contributed by atoms with Crippen LogP contribution >= 0.6 is 23.1 Å². The van der Waals surface area contributed by atoms with Crippen LogP contribution in [0.2, 0.25) is 0 Å². The quantitative estimate of drug-likeness (QED) is 0.218. The van der Waals surface area contributed by atoms with Gasteiger partial charge in [0, 0.05) is 11.1 Å². The van der Waals surface area contributed by atoms with Crippen molar-refractivity contribution >= 4 is 51.7 Å². The van der Waals surface area contributed by atoms with E-state index in [1.807, 2.05) is 0 Å². The van der Waals surface area contributed by atoms with Crippen molar-refractivity contribution in [2.45, 2.75) is 11.8 Å². The summed E-state index contributed by atoms with van der Waals surface area (Å²) in [5.74, 6) is -1.43. The zero-order chi connectivity index (χ0) is 18.6. The molecule has 0 aliphatic carbocycles. The monoisotopic (exact) mass is 407 g/mol. The van der Waals surface area contributed by atoms with Gasteiger partial charge in [-0.05, 0) is 6.08 Å². The minimum Gasteiger partial charge on any atom is -0.543 e. The molecule has 1 aromatic rings. The summed E-state index contributed by atoms with van der Waals surface area (Å²) in [5.41, 5.74) is 10.7. The number of β-lactam (4-membered cyclic amide) rings is 1. The number of oxime groups is 1. The molecule has 0 aromatic carbocycles. The Morgan fingerprint density at radius 3 is 2.62 bits per heavy atom. The predicted molar refractivity (Wildman–Crippen MR) is 90.1 cm³/mol. The number of carbonyl (C=O) groups is 3. The molecule has 4 N–H and O–H groups in total. The summed E-state index contributed by atoms with van der Waals surface area (Å²) in [6.45, 7) is 0. The molecule has 3 heterocycles. The van der Waals surface area contributed by atoms with Crippen molar-refractivity contribution in [2.24, 2.45) is 10.9 Å². The summed E-state index contributed by atoms with van der Waals surface area (Å²) in [6, 6.07) is 0. The van der Waals surface area contributed by atoms with Crippen molar-refractivity contribution in [3.05, 3.63) is 22.8 Å². The number of carboxylic acids is 1. The second-order valence-electron chi connectivity index (χ2n) is 4.69. The van der Waals surface area contributed by atoms with E-state index in [0.29, 0.717) is 23.0 Å². The van der Waals surface area contributed by atoms with Gasteiger partial charge in [-0.2, -0.15) is 0 Å². The molecule has 0 bridgehead atoms. The molecule has 1 fully saturated rings. The topological polar surface area (TPSA) is 164 Å². The van der Waals surface area contributed by atoms with E-state index in [9.17, 15) is 19.5 Å². The molecular formula is C13H14N5NaO5S2. The normalized spacial score (nSPS) is 18.3. The Hall–Kier alpha value is -1.60. The first-order valence-corrected chi connectivity index (χ1v) is 8.75. The van der Waals surface area contributed by atoms with Gasteiger partial charge in [-0.15, -0.1) is 23.1 Å². The first kappa shape index (κ1) is 22.4. The van der Waals surface area contributed by atoms with Crippen LogP contribution in [0.4, 0.5) is 5.13 Å². The van der Waals surface area contributed by atoms with E-state index in [2.05, 4.69) is 15.0 Å². The molecule has 1 aromatic heterocycles. The van der Waals surface area contributed by atoms with Gasteiger partial charge in [0.1, 0.15) is 12.8 Å². The van der Waals surface area contributed by atoms with Crippen molar-refractivity contribution in [3.63, 3.8) is 0 Å². The Morgan fingerprint density at radius 1 is 1.50 bits per heavy atom. The number of carboxylic acid groups (broad SMARTS) is 1. The second-order valence-corrected chi connectivity index (χ2v) is 6.79. The molecular weight excluding hydrogens is 393 g/mol. The Labute approximate surface area is 178 Å². The zero-order valence-electron chi connectivity index (χ0n) is 14.0. The summed E-state index contributed by atoms with van der Waals surface area (Å²) < 4.78 is 0. The molecule has 2 aliphatic rings. The smallest absolute Gasteiger partial charge is 0.543 e. The average molecular weight is 407 g/mol. The van der Waals surface area contributed by atoms with Gasteiger partial charge < -0.3 is 26.2 Å². The first-order valence-electron chi connectivity index (χ1n) is 6.82.